The molecule has 1 aromatic rings. The van der Waals surface area contributed by atoms with Gasteiger partial charge in [-0.3, -0.25) is 4.79 Å². The van der Waals surface area contributed by atoms with Crippen LogP contribution in [0.4, 0.5) is 5.82 Å². The van der Waals surface area contributed by atoms with Crippen molar-refractivity contribution >= 4 is 11.7 Å². The van der Waals surface area contributed by atoms with Gasteiger partial charge in [0.1, 0.15) is 5.82 Å². The van der Waals surface area contributed by atoms with Crippen LogP contribution in [-0.2, 0) is 4.79 Å². The minimum absolute atomic E-state index is 0.124. The van der Waals surface area contributed by atoms with E-state index in [-0.39, 0.29) is 5.91 Å². The summed E-state index contributed by atoms with van der Waals surface area (Å²) in [6, 6.07) is 3.61. The van der Waals surface area contributed by atoms with E-state index in [0.717, 1.165) is 11.3 Å². The molecule has 84 valence electrons. The van der Waals surface area contributed by atoms with E-state index in [9.17, 15) is 4.79 Å². The molecule has 4 heteroatoms. The molecule has 0 unspecified atom stereocenters. The van der Waals surface area contributed by atoms with Crippen molar-refractivity contribution in [1.82, 2.24) is 10.3 Å². The van der Waals surface area contributed by atoms with Crippen molar-refractivity contribution in [2.45, 2.75) is 13.8 Å². The standard InChI is InChI=1S/C12H15N3O/c1-9-11(5-4-8-13-3)6-7-12(14-9)15-10(2)16/h6-7,13H,8H2,1-3H3,(H,14,15,16). The Labute approximate surface area is 95.5 Å². The summed E-state index contributed by atoms with van der Waals surface area (Å²) in [5.41, 5.74) is 1.69. The Morgan fingerprint density at radius 2 is 2.25 bits per heavy atom. The van der Waals surface area contributed by atoms with E-state index in [1.54, 1.807) is 6.07 Å². The first-order valence-electron chi connectivity index (χ1n) is 5.02. The van der Waals surface area contributed by atoms with Crippen LogP contribution in [0.5, 0.6) is 0 Å². The fourth-order valence-electron chi connectivity index (χ4n) is 1.17. The topological polar surface area (TPSA) is 54.0 Å². The average Bonchev–Trinajstić information content (AvgIpc) is 2.20. The van der Waals surface area contributed by atoms with E-state index in [2.05, 4.69) is 27.5 Å². The van der Waals surface area contributed by atoms with Gasteiger partial charge in [-0.05, 0) is 26.1 Å². The number of carbonyl (C=O) groups is 1. The SMILES string of the molecule is CNCC#Cc1ccc(NC(C)=O)nc1C. The molecule has 0 atom stereocenters. The predicted octanol–water partition coefficient (Wildman–Crippen LogP) is 0.919. The number of carbonyl (C=O) groups excluding carboxylic acids is 1. The summed E-state index contributed by atoms with van der Waals surface area (Å²) in [5, 5.41) is 5.57. The molecule has 1 aromatic heterocycles. The molecular weight excluding hydrogens is 202 g/mol. The molecule has 1 amide bonds. The third-order valence-corrected chi connectivity index (χ3v) is 1.88. The third-order valence-electron chi connectivity index (χ3n) is 1.88. The number of aromatic nitrogens is 1. The molecule has 16 heavy (non-hydrogen) atoms. The van der Waals surface area contributed by atoms with Crippen LogP contribution in [0.25, 0.3) is 0 Å². The van der Waals surface area contributed by atoms with Crippen LogP contribution in [0.3, 0.4) is 0 Å². The van der Waals surface area contributed by atoms with Gasteiger partial charge in [0.15, 0.2) is 0 Å². The molecule has 0 bridgehead atoms. The number of hydrogen-bond donors (Lipinski definition) is 2. The highest BCUT2D eigenvalue weighted by Gasteiger charge is 2.00. The van der Waals surface area contributed by atoms with E-state index in [4.69, 9.17) is 0 Å². The van der Waals surface area contributed by atoms with Gasteiger partial charge in [0, 0.05) is 12.5 Å². The molecule has 0 spiro atoms. The molecule has 0 saturated heterocycles. The monoisotopic (exact) mass is 217 g/mol. The Balaban J connectivity index is 2.84. The molecule has 4 nitrogen and oxygen atoms in total. The van der Waals surface area contributed by atoms with Gasteiger partial charge < -0.3 is 10.6 Å². The van der Waals surface area contributed by atoms with Gasteiger partial charge in [0.25, 0.3) is 0 Å². The maximum atomic E-state index is 10.8. The van der Waals surface area contributed by atoms with Crippen molar-refractivity contribution in [3.63, 3.8) is 0 Å². The first-order chi connectivity index (χ1) is 7.63. The van der Waals surface area contributed by atoms with Crippen molar-refractivity contribution in [1.29, 1.82) is 0 Å². The fraction of sp³-hybridized carbons (Fsp3) is 0.333. The van der Waals surface area contributed by atoms with Gasteiger partial charge in [0.05, 0.1) is 12.2 Å². The Bertz CT molecular complexity index is 443. The summed E-state index contributed by atoms with van der Waals surface area (Å²) < 4.78 is 0. The van der Waals surface area contributed by atoms with E-state index >= 15 is 0 Å². The summed E-state index contributed by atoms with van der Waals surface area (Å²) in [5.74, 6) is 6.41. The van der Waals surface area contributed by atoms with E-state index in [1.807, 2.05) is 20.0 Å². The predicted molar refractivity (Wildman–Crippen MR) is 64.1 cm³/mol. The first-order valence-corrected chi connectivity index (χ1v) is 5.02. The minimum Gasteiger partial charge on any atom is -0.311 e. The van der Waals surface area contributed by atoms with Crippen LogP contribution >= 0.6 is 0 Å². The first kappa shape index (κ1) is 12.2. The van der Waals surface area contributed by atoms with Gasteiger partial charge in [-0.25, -0.2) is 4.98 Å². The second-order valence-electron chi connectivity index (χ2n) is 3.34. The lowest BCUT2D eigenvalue weighted by molar-refractivity contribution is -0.114. The van der Waals surface area contributed by atoms with Crippen LogP contribution in [0.2, 0.25) is 0 Å². The van der Waals surface area contributed by atoms with Gasteiger partial charge in [-0.2, -0.15) is 0 Å². The highest BCUT2D eigenvalue weighted by Crippen LogP contribution is 2.09. The zero-order chi connectivity index (χ0) is 12.0. The number of rotatable bonds is 2. The van der Waals surface area contributed by atoms with Gasteiger partial charge in [-0.15, -0.1) is 0 Å². The molecule has 0 saturated carbocycles. The van der Waals surface area contributed by atoms with Gasteiger partial charge in [0.2, 0.25) is 5.91 Å². The third kappa shape index (κ3) is 3.71. The van der Waals surface area contributed by atoms with Gasteiger partial charge >= 0.3 is 0 Å². The average molecular weight is 217 g/mol. The smallest absolute Gasteiger partial charge is 0.222 e. The zero-order valence-electron chi connectivity index (χ0n) is 9.72. The summed E-state index contributed by atoms with van der Waals surface area (Å²) in [4.78, 5) is 15.1. The minimum atomic E-state index is -0.124. The lowest BCUT2D eigenvalue weighted by Gasteiger charge is -2.03. The number of anilines is 1. The summed E-state index contributed by atoms with van der Waals surface area (Å²) in [6.07, 6.45) is 0. The van der Waals surface area contributed by atoms with Crippen molar-refractivity contribution in [2.75, 3.05) is 18.9 Å². The second-order valence-corrected chi connectivity index (χ2v) is 3.34. The van der Waals surface area contributed by atoms with Crippen LogP contribution in [0, 0.1) is 18.8 Å². The summed E-state index contributed by atoms with van der Waals surface area (Å²) in [6.45, 7) is 3.97. The van der Waals surface area contributed by atoms with Crippen molar-refractivity contribution in [3.05, 3.63) is 23.4 Å². The van der Waals surface area contributed by atoms with Crippen LogP contribution in [0.15, 0.2) is 12.1 Å². The Kier molecular flexibility index (Phi) is 4.49. The Morgan fingerprint density at radius 1 is 1.50 bits per heavy atom. The number of amides is 1. The van der Waals surface area contributed by atoms with E-state index in [0.29, 0.717) is 12.4 Å². The molecule has 0 aromatic carbocycles. The summed E-state index contributed by atoms with van der Waals surface area (Å²) in [7, 11) is 1.85. The zero-order valence-corrected chi connectivity index (χ0v) is 9.72. The lowest BCUT2D eigenvalue weighted by atomic mass is 10.2. The Hall–Kier alpha value is -1.86. The Morgan fingerprint density at radius 3 is 2.81 bits per heavy atom. The van der Waals surface area contributed by atoms with Crippen molar-refractivity contribution in [2.24, 2.45) is 0 Å². The van der Waals surface area contributed by atoms with Crippen LogP contribution < -0.4 is 10.6 Å². The van der Waals surface area contributed by atoms with E-state index < -0.39 is 0 Å². The molecule has 0 aliphatic carbocycles. The molecular formula is C12H15N3O. The quantitative estimate of drug-likeness (QED) is 0.724. The van der Waals surface area contributed by atoms with Crippen molar-refractivity contribution in [3.8, 4) is 11.8 Å². The number of aryl methyl sites for hydroxylation is 1. The summed E-state index contributed by atoms with van der Waals surface area (Å²) >= 11 is 0. The largest absolute Gasteiger partial charge is 0.311 e. The van der Waals surface area contributed by atoms with E-state index in [1.165, 1.54) is 6.92 Å². The number of hydrogen-bond acceptors (Lipinski definition) is 3. The van der Waals surface area contributed by atoms with Crippen LogP contribution in [0.1, 0.15) is 18.2 Å². The van der Waals surface area contributed by atoms with Crippen molar-refractivity contribution < 1.29 is 4.79 Å². The number of nitrogens with one attached hydrogen (secondary N) is 2. The molecule has 1 heterocycles. The lowest BCUT2D eigenvalue weighted by Crippen LogP contribution is -2.08. The maximum Gasteiger partial charge on any atom is 0.222 e. The molecule has 2 N–H and O–H groups in total. The molecule has 0 aliphatic rings. The van der Waals surface area contributed by atoms with Gasteiger partial charge in [-0.1, -0.05) is 11.8 Å². The molecule has 1 rings (SSSR count). The normalized spacial score (nSPS) is 9.19. The molecule has 0 radical (unpaired) electrons. The van der Waals surface area contributed by atoms with Crippen LogP contribution in [-0.4, -0.2) is 24.5 Å². The highest BCUT2D eigenvalue weighted by molar-refractivity contribution is 5.87. The highest BCUT2D eigenvalue weighted by atomic mass is 16.1. The number of nitrogens with zero attached hydrogens (tertiary/aromatic N) is 1. The molecule has 0 aliphatic heterocycles. The number of pyridine rings is 1. The molecule has 0 fully saturated rings. The fourth-order valence-corrected chi connectivity index (χ4v) is 1.17. The maximum absolute atomic E-state index is 10.8. The second kappa shape index (κ2) is 5.89.